The van der Waals surface area contributed by atoms with Crippen LogP contribution in [0.25, 0.3) is 0 Å². The first-order valence-corrected chi connectivity index (χ1v) is 11.0. The molecule has 2 N–H and O–H groups in total. The summed E-state index contributed by atoms with van der Waals surface area (Å²) in [6, 6.07) is 4.82. The summed E-state index contributed by atoms with van der Waals surface area (Å²) in [4.78, 5) is 31.9. The largest absolute Gasteiger partial charge is 0.490 e. The number of carboxylic acid groups (broad SMARTS) is 2. The molecule has 10 nitrogen and oxygen atoms in total. The van der Waals surface area contributed by atoms with Crippen molar-refractivity contribution in [3.63, 3.8) is 0 Å². The second-order valence-corrected chi connectivity index (χ2v) is 9.05. The normalized spacial score (nSPS) is 17.6. The summed E-state index contributed by atoms with van der Waals surface area (Å²) in [5, 5.41) is 23.0. The van der Waals surface area contributed by atoms with Gasteiger partial charge in [-0.3, -0.25) is 0 Å². The van der Waals surface area contributed by atoms with Gasteiger partial charge in [-0.25, -0.2) is 28.9 Å². The first-order valence-electron chi connectivity index (χ1n) is 10.0. The SMILES string of the molecule is N#Cc1ncc(N2CC3(CC(Oc4ncccc4F)CS3)C2)cn1.O=C(O)C(F)(F)F.O=C(O)C(F)(F)F. The van der Waals surface area contributed by atoms with E-state index in [2.05, 4.69) is 19.9 Å². The van der Waals surface area contributed by atoms with Crippen LogP contribution in [0.2, 0.25) is 0 Å². The lowest BCUT2D eigenvalue weighted by atomic mass is 9.92. The molecule has 1 unspecified atom stereocenters. The van der Waals surface area contributed by atoms with Crippen LogP contribution in [-0.2, 0) is 9.59 Å². The molecule has 0 saturated carbocycles. The fourth-order valence-corrected chi connectivity index (χ4v) is 4.61. The summed E-state index contributed by atoms with van der Waals surface area (Å²) in [7, 11) is 0. The molecule has 0 radical (unpaired) electrons. The minimum absolute atomic E-state index is 0.0289. The van der Waals surface area contributed by atoms with E-state index < -0.39 is 30.1 Å². The highest BCUT2D eigenvalue weighted by molar-refractivity contribution is 8.01. The van der Waals surface area contributed by atoms with E-state index in [0.717, 1.165) is 31.0 Å². The van der Waals surface area contributed by atoms with Gasteiger partial charge in [0.1, 0.15) is 12.2 Å². The van der Waals surface area contributed by atoms with Crippen molar-refractivity contribution < 1.29 is 55.3 Å². The number of hydrogen-bond acceptors (Lipinski definition) is 9. The van der Waals surface area contributed by atoms with Crippen molar-refractivity contribution in [3.05, 3.63) is 42.4 Å². The molecule has 0 bridgehead atoms. The van der Waals surface area contributed by atoms with Gasteiger partial charge >= 0.3 is 24.3 Å². The van der Waals surface area contributed by atoms with E-state index in [9.17, 15) is 30.7 Å². The molecule has 0 amide bonds. The van der Waals surface area contributed by atoms with E-state index in [4.69, 9.17) is 29.8 Å². The van der Waals surface area contributed by atoms with Gasteiger partial charge in [0.2, 0.25) is 5.82 Å². The second-order valence-electron chi connectivity index (χ2n) is 7.57. The van der Waals surface area contributed by atoms with E-state index >= 15 is 0 Å². The van der Waals surface area contributed by atoms with Gasteiger partial charge in [0, 0.05) is 31.5 Å². The maximum absolute atomic E-state index is 13.6. The molecule has 2 aliphatic rings. The zero-order valence-corrected chi connectivity index (χ0v) is 19.5. The lowest BCUT2D eigenvalue weighted by Crippen LogP contribution is -2.59. The van der Waals surface area contributed by atoms with Crippen LogP contribution in [0, 0.1) is 17.1 Å². The molecule has 4 heterocycles. The highest BCUT2D eigenvalue weighted by Gasteiger charge is 2.50. The Bertz CT molecular complexity index is 1140. The lowest BCUT2D eigenvalue weighted by Gasteiger charge is -2.48. The van der Waals surface area contributed by atoms with Crippen LogP contribution in [0.5, 0.6) is 5.88 Å². The van der Waals surface area contributed by atoms with Crippen molar-refractivity contribution in [1.82, 2.24) is 15.0 Å². The number of alkyl halides is 6. The van der Waals surface area contributed by atoms with Gasteiger partial charge in [0.15, 0.2) is 5.82 Å². The molecule has 0 aliphatic carbocycles. The number of pyridine rings is 1. The van der Waals surface area contributed by atoms with Crippen molar-refractivity contribution in [2.24, 2.45) is 0 Å². The molecule has 206 valence electrons. The molecule has 38 heavy (non-hydrogen) atoms. The quantitative estimate of drug-likeness (QED) is 0.523. The van der Waals surface area contributed by atoms with Crippen LogP contribution in [0.15, 0.2) is 30.7 Å². The molecule has 1 atom stereocenters. The summed E-state index contributed by atoms with van der Waals surface area (Å²) in [5.74, 6) is -4.85. The van der Waals surface area contributed by atoms with Crippen LogP contribution < -0.4 is 9.64 Å². The number of ether oxygens (including phenoxy) is 1. The monoisotopic (exact) mass is 571 g/mol. The fraction of sp³-hybridized carbons (Fsp3) is 0.400. The summed E-state index contributed by atoms with van der Waals surface area (Å²) >= 11 is 1.86. The zero-order chi connectivity index (χ0) is 28.7. The van der Waals surface area contributed by atoms with Gasteiger partial charge in [0.05, 0.1) is 22.8 Å². The van der Waals surface area contributed by atoms with Crippen LogP contribution in [-0.4, -0.2) is 79.1 Å². The minimum Gasteiger partial charge on any atom is -0.475 e. The van der Waals surface area contributed by atoms with Crippen molar-refractivity contribution in [3.8, 4) is 11.9 Å². The number of anilines is 1. The summed E-state index contributed by atoms with van der Waals surface area (Å²) in [6.45, 7) is 1.75. The predicted molar refractivity (Wildman–Crippen MR) is 115 cm³/mol. The van der Waals surface area contributed by atoms with E-state index in [-0.39, 0.29) is 22.6 Å². The Morgan fingerprint density at radius 2 is 1.61 bits per heavy atom. The van der Waals surface area contributed by atoms with Gasteiger partial charge in [-0.1, -0.05) is 0 Å². The molecule has 18 heteroatoms. The van der Waals surface area contributed by atoms with Gasteiger partial charge < -0.3 is 19.8 Å². The third kappa shape index (κ3) is 8.61. The maximum atomic E-state index is 13.6. The maximum Gasteiger partial charge on any atom is 0.490 e. The standard InChI is InChI=1S/C16H14FN5OS.2C2HF3O2/c17-13-2-1-3-19-15(13)23-12-4-16(24-8-12)9-22(10-16)11-6-20-14(5-18)21-7-11;2*3-2(4,5)1(6)7/h1-3,6-7,12H,4,8-10H2;2*(H,6,7). The number of nitrogens with zero attached hydrogens (tertiary/aromatic N) is 5. The van der Waals surface area contributed by atoms with E-state index in [1.54, 1.807) is 18.5 Å². The Labute approximate surface area is 213 Å². The molecule has 2 saturated heterocycles. The molecular weight excluding hydrogens is 555 g/mol. The first-order chi connectivity index (χ1) is 17.6. The number of halogens is 7. The van der Waals surface area contributed by atoms with Crippen LogP contribution in [0.3, 0.4) is 0 Å². The Morgan fingerprint density at radius 1 is 1.08 bits per heavy atom. The summed E-state index contributed by atoms with van der Waals surface area (Å²) < 4.78 is 83.0. The number of aromatic nitrogens is 3. The topological polar surface area (TPSA) is 150 Å². The van der Waals surface area contributed by atoms with Crippen molar-refractivity contribution >= 4 is 29.4 Å². The first kappa shape index (κ1) is 30.3. The van der Waals surface area contributed by atoms with Gasteiger partial charge in [-0.2, -0.15) is 31.6 Å². The number of rotatable bonds is 3. The average Bonchev–Trinajstić information content (AvgIpc) is 3.24. The minimum atomic E-state index is -5.08. The number of carbonyl (C=O) groups is 2. The lowest BCUT2D eigenvalue weighted by molar-refractivity contribution is -0.193. The van der Waals surface area contributed by atoms with Crippen LogP contribution in [0.1, 0.15) is 12.2 Å². The molecular formula is C20H16F7N5O5S. The van der Waals surface area contributed by atoms with Gasteiger partial charge in [0.25, 0.3) is 5.88 Å². The molecule has 0 aromatic carbocycles. The number of thioether (sulfide) groups is 1. The third-order valence-corrected chi connectivity index (χ3v) is 6.30. The van der Waals surface area contributed by atoms with Crippen LogP contribution in [0.4, 0.5) is 36.4 Å². The smallest absolute Gasteiger partial charge is 0.475 e. The highest BCUT2D eigenvalue weighted by atomic mass is 32.2. The predicted octanol–water partition coefficient (Wildman–Crippen LogP) is 3.29. The number of aliphatic carboxylic acids is 2. The van der Waals surface area contributed by atoms with E-state index in [1.165, 1.54) is 12.3 Å². The summed E-state index contributed by atoms with van der Waals surface area (Å²) in [6.07, 6.45) is -4.45. The van der Waals surface area contributed by atoms with Crippen molar-refractivity contribution in [2.75, 3.05) is 23.7 Å². The van der Waals surface area contributed by atoms with Gasteiger partial charge in [-0.15, -0.1) is 11.8 Å². The molecule has 2 fully saturated rings. The second kappa shape index (κ2) is 12.1. The highest BCUT2D eigenvalue weighted by Crippen LogP contribution is 2.47. The van der Waals surface area contributed by atoms with Gasteiger partial charge in [-0.05, 0) is 12.1 Å². The van der Waals surface area contributed by atoms with Crippen molar-refractivity contribution in [1.29, 1.82) is 5.26 Å². The van der Waals surface area contributed by atoms with E-state index in [1.807, 2.05) is 17.8 Å². The summed E-state index contributed by atoms with van der Waals surface area (Å²) in [5.41, 5.74) is 0.917. The number of nitriles is 1. The molecule has 4 rings (SSSR count). The van der Waals surface area contributed by atoms with Crippen molar-refractivity contribution in [2.45, 2.75) is 29.6 Å². The molecule has 2 aliphatic heterocycles. The molecule has 2 aromatic heterocycles. The molecule has 1 spiro atoms. The Balaban J connectivity index is 0.000000301. The zero-order valence-electron chi connectivity index (χ0n) is 18.7. The number of carboxylic acids is 2. The Hall–Kier alpha value is -3.88. The Kier molecular flexibility index (Phi) is 9.67. The van der Waals surface area contributed by atoms with Crippen LogP contribution >= 0.6 is 11.8 Å². The fourth-order valence-electron chi connectivity index (χ4n) is 3.09. The molecule has 2 aromatic rings. The average molecular weight is 571 g/mol. The van der Waals surface area contributed by atoms with E-state index in [0.29, 0.717) is 0 Å². The Morgan fingerprint density at radius 3 is 2.05 bits per heavy atom. The third-order valence-electron chi connectivity index (χ3n) is 4.72. The number of hydrogen-bond donors (Lipinski definition) is 2.